The minimum absolute atomic E-state index is 0.227. The van der Waals surface area contributed by atoms with E-state index in [9.17, 15) is 9.59 Å². The van der Waals surface area contributed by atoms with Crippen molar-refractivity contribution in [1.82, 2.24) is 9.36 Å². The summed E-state index contributed by atoms with van der Waals surface area (Å²) in [5.41, 5.74) is 1.28. The number of nitrogens with zero attached hydrogens (tertiary/aromatic N) is 2. The third-order valence-electron chi connectivity index (χ3n) is 4.07. The number of carbonyl (C=O) groups excluding carboxylic acids is 1. The molecule has 1 amide bonds. The fraction of sp³-hybridized carbons (Fsp3) is 0.158. The molecule has 0 atom stereocenters. The first-order valence-corrected chi connectivity index (χ1v) is 9.27. The maximum atomic E-state index is 12.8. The number of halogens is 2. The molecule has 3 rings (SSSR count). The van der Waals surface area contributed by atoms with Crippen LogP contribution in [-0.4, -0.2) is 21.9 Å². The molecule has 1 N–H and O–H groups in total. The van der Waals surface area contributed by atoms with Gasteiger partial charge in [0.15, 0.2) is 6.61 Å². The van der Waals surface area contributed by atoms with E-state index in [-0.39, 0.29) is 17.9 Å². The molecule has 0 aliphatic heterocycles. The van der Waals surface area contributed by atoms with Crippen molar-refractivity contribution in [3.63, 3.8) is 0 Å². The predicted octanol–water partition coefficient (Wildman–Crippen LogP) is 3.92. The summed E-state index contributed by atoms with van der Waals surface area (Å²) in [6.07, 6.45) is 0. The quantitative estimate of drug-likeness (QED) is 0.641. The van der Waals surface area contributed by atoms with Crippen molar-refractivity contribution in [3.05, 3.63) is 74.1 Å². The topological polar surface area (TPSA) is 65.3 Å². The summed E-state index contributed by atoms with van der Waals surface area (Å²) in [5.74, 6) is 0.0592. The monoisotopic (exact) mass is 449 g/mol. The molecule has 3 aromatic rings. The maximum Gasteiger partial charge on any atom is 0.295 e. The SMILES string of the molecule is Cc1c(NC(=O)COc2ccc(Cl)cc2Br)c(=O)n(-c2ccccc2)n1C. The van der Waals surface area contributed by atoms with Crippen LogP contribution in [0.4, 0.5) is 5.69 Å². The van der Waals surface area contributed by atoms with Gasteiger partial charge in [-0.05, 0) is 53.2 Å². The number of ether oxygens (including phenoxy) is 1. The molecule has 2 aromatic carbocycles. The normalized spacial score (nSPS) is 10.7. The average Bonchev–Trinajstić information content (AvgIpc) is 2.85. The fourth-order valence-electron chi connectivity index (χ4n) is 2.62. The second kappa shape index (κ2) is 8.02. The second-order valence-electron chi connectivity index (χ2n) is 5.85. The Labute approximate surface area is 169 Å². The Morgan fingerprint density at radius 2 is 1.93 bits per heavy atom. The number of aromatic nitrogens is 2. The highest BCUT2D eigenvalue weighted by Crippen LogP contribution is 2.27. The van der Waals surface area contributed by atoms with E-state index < -0.39 is 5.91 Å². The van der Waals surface area contributed by atoms with Gasteiger partial charge in [-0.1, -0.05) is 29.8 Å². The van der Waals surface area contributed by atoms with E-state index in [4.69, 9.17) is 16.3 Å². The predicted molar refractivity (Wildman–Crippen MR) is 109 cm³/mol. The number of benzene rings is 2. The van der Waals surface area contributed by atoms with Crippen molar-refractivity contribution < 1.29 is 9.53 Å². The third-order valence-corrected chi connectivity index (χ3v) is 4.93. The lowest BCUT2D eigenvalue weighted by Crippen LogP contribution is -2.25. The number of anilines is 1. The Kier molecular flexibility index (Phi) is 5.72. The van der Waals surface area contributed by atoms with Crippen LogP contribution in [0.5, 0.6) is 5.75 Å². The molecule has 27 heavy (non-hydrogen) atoms. The van der Waals surface area contributed by atoms with Gasteiger partial charge in [0, 0.05) is 12.1 Å². The van der Waals surface area contributed by atoms with Crippen LogP contribution < -0.4 is 15.6 Å². The lowest BCUT2D eigenvalue weighted by molar-refractivity contribution is -0.118. The summed E-state index contributed by atoms with van der Waals surface area (Å²) in [4.78, 5) is 25.1. The summed E-state index contributed by atoms with van der Waals surface area (Å²) in [5, 5.41) is 3.21. The van der Waals surface area contributed by atoms with Gasteiger partial charge in [0.2, 0.25) is 0 Å². The maximum absolute atomic E-state index is 12.8. The molecule has 140 valence electrons. The van der Waals surface area contributed by atoms with Gasteiger partial charge in [0.25, 0.3) is 11.5 Å². The zero-order chi connectivity index (χ0) is 19.6. The van der Waals surface area contributed by atoms with E-state index in [0.29, 0.717) is 20.9 Å². The first kappa shape index (κ1) is 19.3. The zero-order valence-electron chi connectivity index (χ0n) is 14.7. The van der Waals surface area contributed by atoms with Crippen LogP contribution in [0.15, 0.2) is 57.8 Å². The molecule has 6 nitrogen and oxygen atoms in total. The van der Waals surface area contributed by atoms with Gasteiger partial charge in [-0.25, -0.2) is 4.68 Å². The minimum Gasteiger partial charge on any atom is -0.483 e. The van der Waals surface area contributed by atoms with Crippen molar-refractivity contribution in [2.45, 2.75) is 6.92 Å². The van der Waals surface area contributed by atoms with Crippen molar-refractivity contribution in [3.8, 4) is 11.4 Å². The molecule has 0 unspecified atom stereocenters. The summed E-state index contributed by atoms with van der Waals surface area (Å²) in [6.45, 7) is 1.53. The van der Waals surface area contributed by atoms with Crippen LogP contribution in [0.3, 0.4) is 0 Å². The fourth-order valence-corrected chi connectivity index (χ4v) is 3.42. The Hall–Kier alpha value is -2.51. The van der Waals surface area contributed by atoms with E-state index in [2.05, 4.69) is 21.2 Å². The standard InChI is InChI=1S/C19H17BrClN3O3/c1-12-18(19(26)24(23(12)2)14-6-4-3-5-7-14)22-17(25)11-27-16-9-8-13(21)10-15(16)20/h3-10H,11H2,1-2H3,(H,22,25). The number of amides is 1. The van der Waals surface area contributed by atoms with Crippen LogP contribution in [0, 0.1) is 6.92 Å². The van der Waals surface area contributed by atoms with E-state index >= 15 is 0 Å². The van der Waals surface area contributed by atoms with Crippen LogP contribution in [0.1, 0.15) is 5.69 Å². The van der Waals surface area contributed by atoms with Gasteiger partial charge >= 0.3 is 0 Å². The van der Waals surface area contributed by atoms with Crippen molar-refractivity contribution in [1.29, 1.82) is 0 Å². The van der Waals surface area contributed by atoms with Gasteiger partial charge in [0.05, 0.1) is 15.9 Å². The largest absolute Gasteiger partial charge is 0.483 e. The highest BCUT2D eigenvalue weighted by molar-refractivity contribution is 9.10. The number of para-hydroxylation sites is 1. The molecular weight excluding hydrogens is 434 g/mol. The van der Waals surface area contributed by atoms with Crippen LogP contribution in [0.25, 0.3) is 5.69 Å². The molecule has 1 heterocycles. The van der Waals surface area contributed by atoms with Gasteiger partial charge < -0.3 is 10.1 Å². The van der Waals surface area contributed by atoms with Gasteiger partial charge in [0.1, 0.15) is 11.4 Å². The number of nitrogens with one attached hydrogen (secondary N) is 1. The van der Waals surface area contributed by atoms with E-state index in [1.54, 1.807) is 36.9 Å². The Morgan fingerprint density at radius 1 is 1.22 bits per heavy atom. The van der Waals surface area contributed by atoms with E-state index in [0.717, 1.165) is 5.69 Å². The molecule has 0 fully saturated rings. The zero-order valence-corrected chi connectivity index (χ0v) is 17.0. The Morgan fingerprint density at radius 3 is 2.59 bits per heavy atom. The summed E-state index contributed by atoms with van der Waals surface area (Å²) < 4.78 is 9.34. The Bertz CT molecular complexity index is 1040. The van der Waals surface area contributed by atoms with Crippen LogP contribution in [0.2, 0.25) is 5.02 Å². The molecule has 0 radical (unpaired) electrons. The van der Waals surface area contributed by atoms with Crippen LogP contribution >= 0.6 is 27.5 Å². The van der Waals surface area contributed by atoms with Gasteiger partial charge in [-0.3, -0.25) is 14.3 Å². The first-order chi connectivity index (χ1) is 12.9. The average molecular weight is 451 g/mol. The van der Waals surface area contributed by atoms with E-state index in [1.807, 2.05) is 30.3 Å². The number of hydrogen-bond acceptors (Lipinski definition) is 3. The molecule has 1 aromatic heterocycles. The lowest BCUT2D eigenvalue weighted by atomic mass is 10.3. The lowest BCUT2D eigenvalue weighted by Gasteiger charge is -2.08. The molecule has 0 saturated heterocycles. The molecular formula is C19H17BrClN3O3. The van der Waals surface area contributed by atoms with E-state index in [1.165, 1.54) is 4.68 Å². The minimum atomic E-state index is -0.428. The Balaban J connectivity index is 1.78. The number of rotatable bonds is 5. The summed E-state index contributed by atoms with van der Waals surface area (Å²) in [6, 6.07) is 14.2. The number of hydrogen-bond donors (Lipinski definition) is 1. The first-order valence-electron chi connectivity index (χ1n) is 8.10. The van der Waals surface area contributed by atoms with Crippen molar-refractivity contribution >= 4 is 39.1 Å². The third kappa shape index (κ3) is 4.09. The van der Waals surface area contributed by atoms with Crippen LogP contribution in [-0.2, 0) is 11.8 Å². The van der Waals surface area contributed by atoms with Gasteiger partial charge in [-0.2, -0.15) is 0 Å². The van der Waals surface area contributed by atoms with Crippen molar-refractivity contribution in [2.24, 2.45) is 7.05 Å². The molecule has 8 heteroatoms. The molecule has 0 aliphatic carbocycles. The highest BCUT2D eigenvalue weighted by Gasteiger charge is 2.18. The second-order valence-corrected chi connectivity index (χ2v) is 7.14. The molecule has 0 spiro atoms. The van der Waals surface area contributed by atoms with Gasteiger partial charge in [-0.15, -0.1) is 0 Å². The van der Waals surface area contributed by atoms with Crippen molar-refractivity contribution in [2.75, 3.05) is 11.9 Å². The highest BCUT2D eigenvalue weighted by atomic mass is 79.9. The molecule has 0 aliphatic rings. The summed E-state index contributed by atoms with van der Waals surface area (Å²) >= 11 is 9.21. The molecule has 0 bridgehead atoms. The molecule has 0 saturated carbocycles. The smallest absolute Gasteiger partial charge is 0.295 e. The summed E-state index contributed by atoms with van der Waals surface area (Å²) in [7, 11) is 1.76. The number of carbonyl (C=O) groups is 1.